The van der Waals surface area contributed by atoms with Gasteiger partial charge in [0.15, 0.2) is 10.8 Å². The lowest BCUT2D eigenvalue weighted by Gasteiger charge is -2.20. The highest BCUT2D eigenvalue weighted by Gasteiger charge is 2.15. The number of carbonyl (C=O) groups excluding carboxylic acids is 1. The van der Waals surface area contributed by atoms with Crippen molar-refractivity contribution in [3.63, 3.8) is 0 Å². The zero-order valence-corrected chi connectivity index (χ0v) is 12.9. The van der Waals surface area contributed by atoms with E-state index in [9.17, 15) is 9.59 Å². The molecule has 0 radical (unpaired) electrons. The molecule has 6 nitrogen and oxygen atoms in total. The van der Waals surface area contributed by atoms with E-state index >= 15 is 0 Å². The highest BCUT2D eigenvalue weighted by atomic mass is 35.5. The molecule has 1 rings (SSSR count). The van der Waals surface area contributed by atoms with Crippen molar-refractivity contribution in [3.8, 4) is 0 Å². The molecule has 0 saturated carbocycles. The van der Waals surface area contributed by atoms with E-state index in [1.165, 1.54) is 12.1 Å². The maximum Gasteiger partial charge on any atom is 0.303 e. The number of carbonyl (C=O) groups is 2. The standard InChI is InChI=1S/C14H20ClN3O3/c1-9(2)10(3-6-13(19)20)7-8-16-14(21)11-4-5-12(15)18-17-11/h4-5,9-10H,3,6-8H2,1-2H3,(H,16,21)(H,19,20). The Bertz CT molecular complexity index is 477. The van der Waals surface area contributed by atoms with Crippen LogP contribution in [0.15, 0.2) is 12.1 Å². The molecule has 0 aliphatic heterocycles. The first kappa shape index (κ1) is 17.4. The molecule has 1 atom stereocenters. The molecular formula is C14H20ClN3O3. The molecule has 0 fully saturated rings. The third kappa shape index (κ3) is 6.53. The Kier molecular flexibility index (Phi) is 7.08. The fraction of sp³-hybridized carbons (Fsp3) is 0.571. The van der Waals surface area contributed by atoms with Crippen LogP contribution in [0.25, 0.3) is 0 Å². The van der Waals surface area contributed by atoms with E-state index < -0.39 is 5.97 Å². The Hall–Kier alpha value is -1.69. The number of nitrogens with zero attached hydrogens (tertiary/aromatic N) is 2. The smallest absolute Gasteiger partial charge is 0.303 e. The Morgan fingerprint density at radius 3 is 2.52 bits per heavy atom. The molecule has 0 aliphatic carbocycles. The van der Waals surface area contributed by atoms with E-state index in [1.54, 1.807) is 0 Å². The molecule has 0 bridgehead atoms. The summed E-state index contributed by atoms with van der Waals surface area (Å²) in [5.74, 6) is -0.463. The molecule has 1 amide bonds. The first-order valence-corrected chi connectivity index (χ1v) is 7.27. The first-order chi connectivity index (χ1) is 9.90. The highest BCUT2D eigenvalue weighted by Crippen LogP contribution is 2.20. The summed E-state index contributed by atoms with van der Waals surface area (Å²) in [6, 6.07) is 3.02. The van der Waals surface area contributed by atoms with Crippen molar-refractivity contribution in [1.82, 2.24) is 15.5 Å². The molecule has 1 aromatic rings. The second kappa shape index (κ2) is 8.56. The van der Waals surface area contributed by atoms with Crippen molar-refractivity contribution in [2.75, 3.05) is 6.54 Å². The summed E-state index contributed by atoms with van der Waals surface area (Å²) in [5, 5.41) is 19.0. The maximum atomic E-state index is 11.8. The van der Waals surface area contributed by atoms with Gasteiger partial charge in [0.1, 0.15) is 0 Å². The normalized spacial score (nSPS) is 12.2. The highest BCUT2D eigenvalue weighted by molar-refractivity contribution is 6.29. The number of hydrogen-bond acceptors (Lipinski definition) is 4. The third-order valence-electron chi connectivity index (χ3n) is 3.34. The van der Waals surface area contributed by atoms with E-state index in [0.717, 1.165) is 6.42 Å². The van der Waals surface area contributed by atoms with Crippen molar-refractivity contribution in [2.24, 2.45) is 11.8 Å². The molecule has 2 N–H and O–H groups in total. The predicted octanol–water partition coefficient (Wildman–Crippen LogP) is 2.39. The van der Waals surface area contributed by atoms with Gasteiger partial charge in [-0.2, -0.15) is 0 Å². The Labute approximate surface area is 128 Å². The molecule has 1 heterocycles. The number of nitrogens with one attached hydrogen (secondary N) is 1. The minimum atomic E-state index is -0.791. The number of carboxylic acids is 1. The molecule has 0 saturated heterocycles. The van der Waals surface area contributed by atoms with Crippen molar-refractivity contribution < 1.29 is 14.7 Å². The van der Waals surface area contributed by atoms with Gasteiger partial charge in [-0.3, -0.25) is 9.59 Å². The second-order valence-corrected chi connectivity index (χ2v) is 5.61. The zero-order valence-electron chi connectivity index (χ0n) is 12.2. The van der Waals surface area contributed by atoms with Crippen LogP contribution < -0.4 is 5.32 Å². The van der Waals surface area contributed by atoms with Gasteiger partial charge in [0.05, 0.1) is 0 Å². The van der Waals surface area contributed by atoms with Crippen LogP contribution in [0.4, 0.5) is 0 Å². The fourth-order valence-corrected chi connectivity index (χ4v) is 2.12. The summed E-state index contributed by atoms with van der Waals surface area (Å²) in [7, 11) is 0. The molecule has 7 heteroatoms. The van der Waals surface area contributed by atoms with Crippen LogP contribution in [-0.4, -0.2) is 33.7 Å². The number of aromatic nitrogens is 2. The van der Waals surface area contributed by atoms with Crippen molar-refractivity contribution in [3.05, 3.63) is 23.0 Å². The quantitative estimate of drug-likeness (QED) is 0.768. The summed E-state index contributed by atoms with van der Waals surface area (Å²) < 4.78 is 0. The van der Waals surface area contributed by atoms with Crippen LogP contribution in [0.5, 0.6) is 0 Å². The molecule has 1 unspecified atom stereocenters. The average molecular weight is 314 g/mol. The minimum absolute atomic E-state index is 0.152. The topological polar surface area (TPSA) is 92.2 Å². The van der Waals surface area contributed by atoms with Crippen LogP contribution in [0.1, 0.15) is 43.6 Å². The van der Waals surface area contributed by atoms with Crippen LogP contribution in [0, 0.1) is 11.8 Å². The predicted molar refractivity (Wildman–Crippen MR) is 79.2 cm³/mol. The van der Waals surface area contributed by atoms with Gasteiger partial charge in [-0.1, -0.05) is 25.4 Å². The molecule has 0 aromatic carbocycles. The molecule has 0 spiro atoms. The lowest BCUT2D eigenvalue weighted by atomic mass is 9.88. The third-order valence-corrected chi connectivity index (χ3v) is 3.54. The van der Waals surface area contributed by atoms with Crippen LogP contribution in [0.3, 0.4) is 0 Å². The number of hydrogen-bond donors (Lipinski definition) is 2. The maximum absolute atomic E-state index is 11.8. The van der Waals surface area contributed by atoms with Gasteiger partial charge >= 0.3 is 5.97 Å². The summed E-state index contributed by atoms with van der Waals surface area (Å²) in [5.41, 5.74) is 0.214. The van der Waals surface area contributed by atoms with E-state index in [1.807, 2.05) is 0 Å². The van der Waals surface area contributed by atoms with E-state index in [0.29, 0.717) is 18.9 Å². The van der Waals surface area contributed by atoms with Gasteiger partial charge in [-0.05, 0) is 36.8 Å². The van der Waals surface area contributed by atoms with Gasteiger partial charge in [0.25, 0.3) is 5.91 Å². The minimum Gasteiger partial charge on any atom is -0.481 e. The summed E-state index contributed by atoms with van der Waals surface area (Å²) in [6.07, 6.45) is 1.50. The van der Waals surface area contributed by atoms with E-state index in [-0.39, 0.29) is 29.1 Å². The van der Waals surface area contributed by atoms with Gasteiger partial charge < -0.3 is 10.4 Å². The van der Waals surface area contributed by atoms with Crippen LogP contribution >= 0.6 is 11.6 Å². The molecule has 116 valence electrons. The van der Waals surface area contributed by atoms with Crippen molar-refractivity contribution >= 4 is 23.5 Å². The van der Waals surface area contributed by atoms with Gasteiger partial charge in [0.2, 0.25) is 0 Å². The Morgan fingerprint density at radius 1 is 1.29 bits per heavy atom. The largest absolute Gasteiger partial charge is 0.481 e. The van der Waals surface area contributed by atoms with Gasteiger partial charge in [-0.25, -0.2) is 0 Å². The van der Waals surface area contributed by atoms with Crippen molar-refractivity contribution in [1.29, 1.82) is 0 Å². The number of aliphatic carboxylic acids is 1. The Balaban J connectivity index is 2.40. The molecule has 1 aromatic heterocycles. The Morgan fingerprint density at radius 2 is 2.00 bits per heavy atom. The summed E-state index contributed by atoms with van der Waals surface area (Å²) in [4.78, 5) is 22.4. The lowest BCUT2D eigenvalue weighted by molar-refractivity contribution is -0.137. The monoisotopic (exact) mass is 313 g/mol. The molecule has 0 aliphatic rings. The molecular weight excluding hydrogens is 294 g/mol. The zero-order chi connectivity index (χ0) is 15.8. The first-order valence-electron chi connectivity index (χ1n) is 6.89. The number of halogens is 1. The van der Waals surface area contributed by atoms with Crippen LogP contribution in [0.2, 0.25) is 5.15 Å². The second-order valence-electron chi connectivity index (χ2n) is 5.22. The van der Waals surface area contributed by atoms with Gasteiger partial charge in [-0.15, -0.1) is 10.2 Å². The summed E-state index contributed by atoms with van der Waals surface area (Å²) >= 11 is 5.60. The van der Waals surface area contributed by atoms with E-state index in [4.69, 9.17) is 16.7 Å². The SMILES string of the molecule is CC(C)C(CCNC(=O)c1ccc(Cl)nn1)CCC(=O)O. The van der Waals surface area contributed by atoms with E-state index in [2.05, 4.69) is 29.4 Å². The summed E-state index contributed by atoms with van der Waals surface area (Å²) in [6.45, 7) is 4.59. The lowest BCUT2D eigenvalue weighted by Crippen LogP contribution is -2.28. The van der Waals surface area contributed by atoms with Gasteiger partial charge in [0, 0.05) is 13.0 Å². The number of rotatable bonds is 8. The average Bonchev–Trinajstić information content (AvgIpc) is 2.42. The molecule has 21 heavy (non-hydrogen) atoms. The van der Waals surface area contributed by atoms with Crippen LogP contribution in [-0.2, 0) is 4.79 Å². The number of carboxylic acid groups (broad SMARTS) is 1. The van der Waals surface area contributed by atoms with Crippen molar-refractivity contribution in [2.45, 2.75) is 33.1 Å². The fourth-order valence-electron chi connectivity index (χ4n) is 2.02. The number of amides is 1.